The van der Waals surface area contributed by atoms with Gasteiger partial charge in [-0.15, -0.1) is 0 Å². The minimum absolute atomic E-state index is 0.0330. The van der Waals surface area contributed by atoms with E-state index < -0.39 is 21.8 Å². The molecule has 0 spiro atoms. The van der Waals surface area contributed by atoms with Crippen LogP contribution in [0.25, 0.3) is 6.08 Å². The predicted molar refractivity (Wildman–Crippen MR) is 98.2 cm³/mol. The lowest BCUT2D eigenvalue weighted by Crippen LogP contribution is -2.15. The van der Waals surface area contributed by atoms with Gasteiger partial charge in [-0.25, -0.2) is 17.6 Å². The maximum atomic E-state index is 13.7. The number of nitrogens with one attached hydrogen (secondary N) is 1. The van der Waals surface area contributed by atoms with Crippen LogP contribution in [0.1, 0.15) is 11.1 Å². The highest BCUT2D eigenvalue weighted by molar-refractivity contribution is 7.92. The molecule has 2 aromatic carbocycles. The van der Waals surface area contributed by atoms with E-state index in [0.717, 1.165) is 12.1 Å². The average Bonchev–Trinajstić information content (AvgIpc) is 2.61. The van der Waals surface area contributed by atoms with E-state index >= 15 is 0 Å². The number of aryl methyl sites for hydroxylation is 1. The number of carboxylic acids is 1. The van der Waals surface area contributed by atoms with Gasteiger partial charge in [-0.3, -0.25) is 4.72 Å². The molecule has 0 radical (unpaired) electrons. The molecule has 0 saturated carbocycles. The number of aliphatic carboxylic acids is 1. The first-order valence-corrected chi connectivity index (χ1v) is 9.12. The number of sulfonamides is 1. The summed E-state index contributed by atoms with van der Waals surface area (Å²) in [6.45, 7) is 1.56. The number of benzene rings is 2. The summed E-state index contributed by atoms with van der Waals surface area (Å²) < 4.78 is 51.9. The molecule has 7 nitrogen and oxygen atoms in total. The molecule has 2 N–H and O–H groups in total. The van der Waals surface area contributed by atoms with Crippen molar-refractivity contribution in [3.05, 3.63) is 53.4 Å². The average molecular weight is 395 g/mol. The summed E-state index contributed by atoms with van der Waals surface area (Å²) in [5, 5.41) is 8.77. The lowest BCUT2D eigenvalue weighted by Gasteiger charge is -2.15. The highest BCUT2D eigenvalue weighted by Gasteiger charge is 2.24. The second-order valence-corrected chi connectivity index (χ2v) is 7.15. The maximum Gasteiger partial charge on any atom is 0.328 e. The normalized spacial score (nSPS) is 11.4. The van der Waals surface area contributed by atoms with Crippen LogP contribution in [0.3, 0.4) is 0 Å². The second kappa shape index (κ2) is 8.09. The van der Waals surface area contributed by atoms with Crippen molar-refractivity contribution in [2.75, 3.05) is 18.9 Å². The van der Waals surface area contributed by atoms with Crippen LogP contribution in [0, 0.1) is 12.7 Å². The molecule has 0 saturated heterocycles. The van der Waals surface area contributed by atoms with E-state index in [1.54, 1.807) is 6.92 Å². The van der Waals surface area contributed by atoms with Crippen LogP contribution < -0.4 is 14.2 Å². The molecule has 2 rings (SSSR count). The van der Waals surface area contributed by atoms with Gasteiger partial charge in [0.05, 0.1) is 19.9 Å². The van der Waals surface area contributed by atoms with Crippen LogP contribution in [-0.2, 0) is 14.8 Å². The quantitative estimate of drug-likeness (QED) is 0.699. The van der Waals surface area contributed by atoms with E-state index in [1.807, 2.05) is 0 Å². The van der Waals surface area contributed by atoms with Crippen LogP contribution in [0.4, 0.5) is 10.1 Å². The Hall–Kier alpha value is -3.07. The number of anilines is 1. The van der Waals surface area contributed by atoms with Crippen molar-refractivity contribution in [2.24, 2.45) is 0 Å². The minimum Gasteiger partial charge on any atom is -0.493 e. The summed E-state index contributed by atoms with van der Waals surface area (Å²) >= 11 is 0. The molecule has 9 heteroatoms. The molecule has 0 aromatic heterocycles. The van der Waals surface area contributed by atoms with Gasteiger partial charge in [0, 0.05) is 6.08 Å². The van der Waals surface area contributed by atoms with Gasteiger partial charge >= 0.3 is 5.97 Å². The van der Waals surface area contributed by atoms with Gasteiger partial charge in [-0.05, 0) is 48.4 Å². The minimum atomic E-state index is -4.18. The summed E-state index contributed by atoms with van der Waals surface area (Å²) in [6, 6.07) is 6.59. The molecule has 0 fully saturated rings. The van der Waals surface area contributed by atoms with Gasteiger partial charge in [0.1, 0.15) is 10.7 Å². The summed E-state index contributed by atoms with van der Waals surface area (Å²) in [7, 11) is -1.59. The summed E-state index contributed by atoms with van der Waals surface area (Å²) in [6.07, 6.45) is 2.08. The molecule has 27 heavy (non-hydrogen) atoms. The fourth-order valence-corrected chi connectivity index (χ4v) is 3.55. The Morgan fingerprint density at radius 3 is 2.44 bits per heavy atom. The van der Waals surface area contributed by atoms with E-state index in [9.17, 15) is 17.6 Å². The molecule has 2 aromatic rings. The molecule has 0 unspecified atom stereocenters. The van der Waals surface area contributed by atoms with Crippen LogP contribution in [-0.4, -0.2) is 33.7 Å². The van der Waals surface area contributed by atoms with E-state index in [2.05, 4.69) is 4.72 Å². The number of ether oxygens (including phenoxy) is 2. The predicted octanol–water partition coefficient (Wildman–Crippen LogP) is 3.05. The van der Waals surface area contributed by atoms with Crippen LogP contribution >= 0.6 is 0 Å². The molecule has 0 aliphatic heterocycles. The van der Waals surface area contributed by atoms with Crippen molar-refractivity contribution in [2.45, 2.75) is 11.8 Å². The third-order valence-electron chi connectivity index (χ3n) is 3.60. The number of carbonyl (C=O) groups is 1. The van der Waals surface area contributed by atoms with Gasteiger partial charge in [0.15, 0.2) is 11.5 Å². The van der Waals surface area contributed by atoms with E-state index in [1.165, 1.54) is 44.6 Å². The van der Waals surface area contributed by atoms with Crippen molar-refractivity contribution >= 4 is 27.8 Å². The van der Waals surface area contributed by atoms with Crippen molar-refractivity contribution < 1.29 is 32.2 Å². The number of halogens is 1. The molecule has 144 valence electrons. The van der Waals surface area contributed by atoms with Crippen LogP contribution in [0.15, 0.2) is 41.3 Å². The van der Waals surface area contributed by atoms with Crippen molar-refractivity contribution in [1.29, 1.82) is 0 Å². The first-order valence-electron chi connectivity index (χ1n) is 7.64. The van der Waals surface area contributed by atoms with E-state index in [-0.39, 0.29) is 27.6 Å². The van der Waals surface area contributed by atoms with E-state index in [0.29, 0.717) is 5.56 Å². The third kappa shape index (κ3) is 4.76. The Labute approximate surface area is 156 Å². The zero-order chi connectivity index (χ0) is 20.2. The summed E-state index contributed by atoms with van der Waals surface area (Å²) in [5.74, 6) is -1.72. The second-order valence-electron chi connectivity index (χ2n) is 5.50. The Balaban J connectivity index is 2.56. The maximum absolute atomic E-state index is 13.7. The van der Waals surface area contributed by atoms with E-state index in [4.69, 9.17) is 14.6 Å². The summed E-state index contributed by atoms with van der Waals surface area (Å²) in [5.41, 5.74) is 0.675. The third-order valence-corrected chi connectivity index (χ3v) is 4.99. The molecule has 0 heterocycles. The smallest absolute Gasteiger partial charge is 0.328 e. The van der Waals surface area contributed by atoms with Crippen LogP contribution in [0.5, 0.6) is 11.5 Å². The van der Waals surface area contributed by atoms with Crippen molar-refractivity contribution in [3.63, 3.8) is 0 Å². The first kappa shape index (κ1) is 20.2. The van der Waals surface area contributed by atoms with Gasteiger partial charge in [0.2, 0.25) is 0 Å². The highest BCUT2D eigenvalue weighted by atomic mass is 32.2. The monoisotopic (exact) mass is 395 g/mol. The fourth-order valence-electron chi connectivity index (χ4n) is 2.28. The lowest BCUT2D eigenvalue weighted by molar-refractivity contribution is -0.131. The Morgan fingerprint density at radius 1 is 1.19 bits per heavy atom. The molecular weight excluding hydrogens is 377 g/mol. The summed E-state index contributed by atoms with van der Waals surface area (Å²) in [4.78, 5) is 10.4. The standard InChI is InChI=1S/C18H18FNO6S/c1-11-4-6-13(10-14(11)19)20-27(23,24)16-9-12(5-7-17(21)22)8-15(25-2)18(16)26-3/h4-10,20H,1-3H3,(H,21,22)/b7-5+. The van der Waals surface area contributed by atoms with Crippen molar-refractivity contribution in [1.82, 2.24) is 0 Å². The van der Waals surface area contributed by atoms with Gasteiger partial charge in [-0.2, -0.15) is 0 Å². The number of hydrogen-bond acceptors (Lipinski definition) is 5. The molecule has 0 atom stereocenters. The van der Waals surface area contributed by atoms with Gasteiger partial charge in [0.25, 0.3) is 10.0 Å². The number of hydrogen-bond donors (Lipinski definition) is 2. The molecule has 0 aliphatic carbocycles. The topological polar surface area (TPSA) is 102 Å². The molecule has 0 bridgehead atoms. The molecule has 0 aliphatic rings. The first-order chi connectivity index (χ1) is 12.7. The van der Waals surface area contributed by atoms with Crippen molar-refractivity contribution in [3.8, 4) is 11.5 Å². The number of rotatable bonds is 7. The van der Waals surface area contributed by atoms with Gasteiger partial charge in [-0.1, -0.05) is 6.07 Å². The molecular formula is C18H18FNO6S. The zero-order valence-corrected chi connectivity index (χ0v) is 15.6. The SMILES string of the molecule is COc1cc(/C=C/C(=O)O)cc(S(=O)(=O)Nc2ccc(C)c(F)c2)c1OC. The molecule has 0 amide bonds. The van der Waals surface area contributed by atoms with Gasteiger partial charge < -0.3 is 14.6 Å². The Kier molecular flexibility index (Phi) is 6.06. The largest absolute Gasteiger partial charge is 0.493 e. The highest BCUT2D eigenvalue weighted by Crippen LogP contribution is 2.37. The zero-order valence-electron chi connectivity index (χ0n) is 14.8. The number of carboxylic acid groups (broad SMARTS) is 1. The Bertz CT molecular complexity index is 1000. The lowest BCUT2D eigenvalue weighted by atomic mass is 10.2. The van der Waals surface area contributed by atoms with Crippen LogP contribution in [0.2, 0.25) is 0 Å². The number of methoxy groups -OCH3 is 2. The Morgan fingerprint density at radius 2 is 1.89 bits per heavy atom. The fraction of sp³-hybridized carbons (Fsp3) is 0.167.